The van der Waals surface area contributed by atoms with Crippen LogP contribution in [0.15, 0.2) is 0 Å². The minimum absolute atomic E-state index is 0.638. The highest BCUT2D eigenvalue weighted by molar-refractivity contribution is 5.15. The van der Waals surface area contributed by atoms with Crippen LogP contribution in [0.5, 0.6) is 0 Å². The third-order valence-corrected chi connectivity index (χ3v) is 2.00. The van der Waals surface area contributed by atoms with Crippen molar-refractivity contribution in [1.82, 2.24) is 20.3 Å². The van der Waals surface area contributed by atoms with Crippen LogP contribution in [0.4, 0.5) is 0 Å². The van der Waals surface area contributed by atoms with E-state index in [9.17, 15) is 5.11 Å². The van der Waals surface area contributed by atoms with E-state index in [4.69, 9.17) is 0 Å². The van der Waals surface area contributed by atoms with Crippen LogP contribution in [0.3, 0.4) is 0 Å². The molecule has 0 aliphatic rings. The van der Waals surface area contributed by atoms with Gasteiger partial charge in [0, 0.05) is 13.0 Å². The number of hydrogen-bond acceptors (Lipinski definition) is 4. The molecule has 0 atom stereocenters. The normalized spacial score (nSPS) is 12.4. The molecule has 5 nitrogen and oxygen atoms in total. The summed E-state index contributed by atoms with van der Waals surface area (Å²) in [7, 11) is 4.01. The third kappa shape index (κ3) is 2.78. The Kier molecular flexibility index (Phi) is 3.23. The predicted molar refractivity (Wildman–Crippen MR) is 53.9 cm³/mol. The third-order valence-electron chi connectivity index (χ3n) is 2.00. The summed E-state index contributed by atoms with van der Waals surface area (Å²) in [5.74, 6) is 0. The Morgan fingerprint density at radius 1 is 1.36 bits per heavy atom. The van der Waals surface area contributed by atoms with Crippen molar-refractivity contribution >= 4 is 0 Å². The molecular weight excluding hydrogens is 180 g/mol. The maximum Gasteiger partial charge on any atom is 0.117 e. The zero-order valence-corrected chi connectivity index (χ0v) is 9.20. The summed E-state index contributed by atoms with van der Waals surface area (Å²) in [5, 5.41) is 20.3. The Hall–Kier alpha value is -0.940. The summed E-state index contributed by atoms with van der Waals surface area (Å²) < 4.78 is 0. The van der Waals surface area contributed by atoms with Crippen molar-refractivity contribution in [2.24, 2.45) is 0 Å². The van der Waals surface area contributed by atoms with Crippen molar-refractivity contribution < 1.29 is 5.11 Å². The molecule has 0 fully saturated rings. The molecule has 1 aromatic rings. The minimum atomic E-state index is -0.922. The molecule has 2 N–H and O–H groups in total. The van der Waals surface area contributed by atoms with Crippen molar-refractivity contribution in [3.63, 3.8) is 0 Å². The molecule has 0 unspecified atom stereocenters. The lowest BCUT2D eigenvalue weighted by atomic mass is 10.0. The molecule has 1 rings (SSSR count). The summed E-state index contributed by atoms with van der Waals surface area (Å²) in [4.78, 5) is 2.07. The molecule has 5 heteroatoms. The first-order valence-electron chi connectivity index (χ1n) is 4.68. The van der Waals surface area contributed by atoms with Gasteiger partial charge in [-0.15, -0.1) is 0 Å². The Morgan fingerprint density at radius 2 is 2.00 bits per heavy atom. The lowest BCUT2D eigenvalue weighted by Gasteiger charge is -2.15. The Labute approximate surface area is 84.1 Å². The molecule has 0 saturated heterocycles. The van der Waals surface area contributed by atoms with Crippen LogP contribution in [0, 0.1) is 0 Å². The molecule has 0 bridgehead atoms. The van der Waals surface area contributed by atoms with Crippen molar-refractivity contribution in [2.75, 3.05) is 20.6 Å². The van der Waals surface area contributed by atoms with E-state index in [0.717, 1.165) is 18.7 Å². The summed E-state index contributed by atoms with van der Waals surface area (Å²) >= 11 is 0. The second-order valence-corrected chi connectivity index (χ2v) is 4.23. The molecule has 0 saturated carbocycles. The van der Waals surface area contributed by atoms with Crippen LogP contribution >= 0.6 is 0 Å². The van der Waals surface area contributed by atoms with Gasteiger partial charge >= 0.3 is 0 Å². The zero-order chi connectivity index (χ0) is 10.8. The van der Waals surface area contributed by atoms with E-state index in [-0.39, 0.29) is 0 Å². The van der Waals surface area contributed by atoms with Gasteiger partial charge in [-0.25, -0.2) is 0 Å². The van der Waals surface area contributed by atoms with E-state index in [2.05, 4.69) is 20.3 Å². The number of nitrogens with zero attached hydrogens (tertiary/aromatic N) is 3. The topological polar surface area (TPSA) is 65.0 Å². The summed E-state index contributed by atoms with van der Waals surface area (Å²) in [6.45, 7) is 4.32. The van der Waals surface area contributed by atoms with E-state index >= 15 is 0 Å². The zero-order valence-electron chi connectivity index (χ0n) is 9.20. The molecule has 1 heterocycles. The summed E-state index contributed by atoms with van der Waals surface area (Å²) in [6.07, 6.45) is 0.794. The molecule has 0 amide bonds. The van der Waals surface area contributed by atoms with Gasteiger partial charge in [0.1, 0.15) is 11.3 Å². The predicted octanol–water partition coefficient (Wildman–Crippen LogP) is 0.136. The van der Waals surface area contributed by atoms with Crippen molar-refractivity contribution in [2.45, 2.75) is 25.9 Å². The Morgan fingerprint density at radius 3 is 2.50 bits per heavy atom. The molecule has 0 aliphatic carbocycles. The fourth-order valence-electron chi connectivity index (χ4n) is 1.25. The number of nitrogens with one attached hydrogen (secondary N) is 1. The molecule has 0 aliphatic heterocycles. The van der Waals surface area contributed by atoms with Gasteiger partial charge in [-0.05, 0) is 27.9 Å². The maximum atomic E-state index is 9.79. The van der Waals surface area contributed by atoms with Gasteiger partial charge in [-0.2, -0.15) is 15.4 Å². The van der Waals surface area contributed by atoms with Crippen LogP contribution in [-0.2, 0) is 12.0 Å². The Balaban J connectivity index is 2.73. The van der Waals surface area contributed by atoms with Crippen molar-refractivity contribution in [3.05, 3.63) is 11.4 Å². The minimum Gasteiger partial charge on any atom is -0.384 e. The fourth-order valence-corrected chi connectivity index (χ4v) is 1.25. The van der Waals surface area contributed by atoms with Gasteiger partial charge in [0.15, 0.2) is 0 Å². The SMILES string of the molecule is CN(C)CCc1n[nH]nc1C(C)(C)O. The van der Waals surface area contributed by atoms with Crippen LogP contribution in [0.1, 0.15) is 25.2 Å². The van der Waals surface area contributed by atoms with Gasteiger partial charge in [-0.3, -0.25) is 0 Å². The number of H-pyrrole nitrogens is 1. The first kappa shape index (κ1) is 11.1. The van der Waals surface area contributed by atoms with E-state index < -0.39 is 5.60 Å². The van der Waals surface area contributed by atoms with E-state index in [1.165, 1.54) is 0 Å². The number of likely N-dealkylation sites (N-methyl/N-ethyl adjacent to an activating group) is 1. The average molecular weight is 198 g/mol. The van der Waals surface area contributed by atoms with Gasteiger partial charge in [0.05, 0.1) is 5.69 Å². The molecule has 80 valence electrons. The molecule has 14 heavy (non-hydrogen) atoms. The monoisotopic (exact) mass is 198 g/mol. The van der Waals surface area contributed by atoms with Crippen LogP contribution in [0.25, 0.3) is 0 Å². The quantitative estimate of drug-likeness (QED) is 0.722. The molecule has 0 spiro atoms. The highest BCUT2D eigenvalue weighted by atomic mass is 16.3. The second-order valence-electron chi connectivity index (χ2n) is 4.23. The second kappa shape index (κ2) is 4.06. The fraction of sp³-hybridized carbons (Fsp3) is 0.778. The lowest BCUT2D eigenvalue weighted by molar-refractivity contribution is 0.0726. The average Bonchev–Trinajstić information content (AvgIpc) is 2.46. The van der Waals surface area contributed by atoms with E-state index in [1.54, 1.807) is 13.8 Å². The first-order valence-corrected chi connectivity index (χ1v) is 4.68. The van der Waals surface area contributed by atoms with Crippen LogP contribution in [0.2, 0.25) is 0 Å². The highest BCUT2D eigenvalue weighted by Crippen LogP contribution is 2.19. The highest BCUT2D eigenvalue weighted by Gasteiger charge is 2.23. The number of aromatic amines is 1. The Bertz CT molecular complexity index is 287. The lowest BCUT2D eigenvalue weighted by Crippen LogP contribution is -2.21. The number of aliphatic hydroxyl groups is 1. The molecule has 0 radical (unpaired) electrons. The van der Waals surface area contributed by atoms with E-state index in [1.807, 2.05) is 14.1 Å². The van der Waals surface area contributed by atoms with Crippen molar-refractivity contribution in [3.8, 4) is 0 Å². The van der Waals surface area contributed by atoms with Gasteiger partial charge in [0.2, 0.25) is 0 Å². The number of rotatable bonds is 4. The number of hydrogen-bond donors (Lipinski definition) is 2. The van der Waals surface area contributed by atoms with E-state index in [0.29, 0.717) is 5.69 Å². The largest absolute Gasteiger partial charge is 0.384 e. The maximum absolute atomic E-state index is 9.79. The first-order chi connectivity index (χ1) is 6.41. The van der Waals surface area contributed by atoms with Crippen molar-refractivity contribution in [1.29, 1.82) is 0 Å². The van der Waals surface area contributed by atoms with Crippen LogP contribution < -0.4 is 0 Å². The number of aromatic nitrogens is 3. The smallest absolute Gasteiger partial charge is 0.117 e. The molecule has 0 aromatic carbocycles. The molecule has 1 aromatic heterocycles. The van der Waals surface area contributed by atoms with Gasteiger partial charge < -0.3 is 10.0 Å². The van der Waals surface area contributed by atoms with Crippen LogP contribution in [-0.4, -0.2) is 46.1 Å². The standard InChI is InChI=1S/C9H18N4O/c1-9(2,14)8-7(10-12-11-8)5-6-13(3)4/h14H,5-6H2,1-4H3,(H,10,11,12). The van der Waals surface area contributed by atoms with Gasteiger partial charge in [-0.1, -0.05) is 0 Å². The molecular formula is C9H18N4O. The summed E-state index contributed by atoms with van der Waals surface area (Å²) in [5.41, 5.74) is 0.555. The summed E-state index contributed by atoms with van der Waals surface area (Å²) in [6, 6.07) is 0. The van der Waals surface area contributed by atoms with Gasteiger partial charge in [0.25, 0.3) is 0 Å².